The van der Waals surface area contributed by atoms with Gasteiger partial charge in [-0.1, -0.05) is 32.4 Å². The molecule has 0 aliphatic heterocycles. The lowest BCUT2D eigenvalue weighted by molar-refractivity contribution is -0.123. The fourth-order valence-corrected chi connectivity index (χ4v) is 1.95. The Morgan fingerprint density at radius 1 is 1.29 bits per heavy atom. The van der Waals surface area contributed by atoms with Gasteiger partial charge in [0.1, 0.15) is 0 Å². The molecule has 1 amide bonds. The monoisotopic (exact) mass is 307 g/mol. The summed E-state index contributed by atoms with van der Waals surface area (Å²) in [4.78, 5) is 11.8. The molecule has 0 unspecified atom stereocenters. The normalized spacial score (nSPS) is 11.4. The zero-order valence-electron chi connectivity index (χ0n) is 12.3. The third-order valence-electron chi connectivity index (χ3n) is 2.74. The van der Waals surface area contributed by atoms with Crippen LogP contribution in [0.2, 0.25) is 5.02 Å². The summed E-state index contributed by atoms with van der Waals surface area (Å²) in [5.74, 6) is 0.549. The molecular weight excluding hydrogens is 290 g/mol. The van der Waals surface area contributed by atoms with Gasteiger partial charge in [0.05, 0.1) is 12.2 Å². The first-order valence-electron chi connectivity index (χ1n) is 6.65. The van der Waals surface area contributed by atoms with Crippen LogP contribution in [0.25, 0.3) is 5.69 Å². The number of hydrogen-bond acceptors (Lipinski definition) is 4. The summed E-state index contributed by atoms with van der Waals surface area (Å²) in [5, 5.41) is 15.0. The van der Waals surface area contributed by atoms with E-state index in [0.717, 1.165) is 5.69 Å². The van der Waals surface area contributed by atoms with Gasteiger partial charge in [0, 0.05) is 11.4 Å². The van der Waals surface area contributed by atoms with Crippen molar-refractivity contribution in [3.05, 3.63) is 35.1 Å². The summed E-state index contributed by atoms with van der Waals surface area (Å²) in [6.45, 7) is 6.34. The predicted molar refractivity (Wildman–Crippen MR) is 80.1 cm³/mol. The molecule has 0 radical (unpaired) electrons. The molecule has 1 heterocycles. The first-order chi connectivity index (χ1) is 9.85. The Morgan fingerprint density at radius 3 is 2.57 bits per heavy atom. The molecule has 0 atom stereocenters. The van der Waals surface area contributed by atoms with Gasteiger partial charge in [-0.05, 0) is 40.1 Å². The number of nitrogens with zero attached hydrogens (tertiary/aromatic N) is 4. The highest BCUT2D eigenvalue weighted by Crippen LogP contribution is 2.18. The van der Waals surface area contributed by atoms with E-state index in [0.29, 0.717) is 17.3 Å². The van der Waals surface area contributed by atoms with E-state index in [9.17, 15) is 4.79 Å². The number of benzene rings is 1. The zero-order chi connectivity index (χ0) is 15.5. The van der Waals surface area contributed by atoms with Gasteiger partial charge in [-0.2, -0.15) is 4.68 Å². The molecule has 1 N–H and O–H groups in total. The second kappa shape index (κ2) is 6.22. The molecule has 1 aromatic heterocycles. The molecule has 1 aromatic carbocycles. The second-order valence-corrected chi connectivity index (χ2v) is 6.43. The van der Waals surface area contributed by atoms with Crippen LogP contribution in [0.4, 0.5) is 0 Å². The van der Waals surface area contributed by atoms with Crippen LogP contribution in [-0.4, -0.2) is 26.1 Å². The molecule has 0 bridgehead atoms. The van der Waals surface area contributed by atoms with Gasteiger partial charge in [0.25, 0.3) is 0 Å². The minimum absolute atomic E-state index is 0.0202. The van der Waals surface area contributed by atoms with Gasteiger partial charge in [-0.15, -0.1) is 5.10 Å². The number of tetrazole rings is 1. The summed E-state index contributed by atoms with van der Waals surface area (Å²) >= 11 is 5.86. The number of carbonyl (C=O) groups excluding carboxylic acids is 1. The Hall–Kier alpha value is -1.95. The van der Waals surface area contributed by atoms with Crippen LogP contribution in [0.3, 0.4) is 0 Å². The smallest absolute Gasteiger partial charge is 0.220 e. The minimum Gasteiger partial charge on any atom is -0.349 e. The van der Waals surface area contributed by atoms with Crippen LogP contribution < -0.4 is 5.32 Å². The number of aromatic nitrogens is 4. The van der Waals surface area contributed by atoms with E-state index in [1.165, 1.54) is 0 Å². The first-order valence-corrected chi connectivity index (χ1v) is 7.03. The van der Waals surface area contributed by atoms with E-state index in [-0.39, 0.29) is 17.9 Å². The number of rotatable bonds is 4. The average molecular weight is 308 g/mol. The molecule has 112 valence electrons. The van der Waals surface area contributed by atoms with Crippen molar-refractivity contribution in [2.45, 2.75) is 33.7 Å². The molecule has 0 saturated carbocycles. The first kappa shape index (κ1) is 15.4. The molecule has 0 spiro atoms. The van der Waals surface area contributed by atoms with Gasteiger partial charge in [-0.25, -0.2) is 0 Å². The third kappa shape index (κ3) is 4.53. The summed E-state index contributed by atoms with van der Waals surface area (Å²) in [5.41, 5.74) is 0.746. The van der Waals surface area contributed by atoms with Gasteiger partial charge < -0.3 is 5.32 Å². The average Bonchev–Trinajstić information content (AvgIpc) is 2.83. The van der Waals surface area contributed by atoms with Crippen LogP contribution >= 0.6 is 11.6 Å². The lowest BCUT2D eigenvalue weighted by atomic mass is 9.92. The Kier molecular flexibility index (Phi) is 4.57. The Labute approximate surface area is 128 Å². The fourth-order valence-electron chi connectivity index (χ4n) is 1.82. The molecule has 6 nitrogen and oxygen atoms in total. The molecular formula is C14H18ClN5O. The summed E-state index contributed by atoms with van der Waals surface area (Å²) in [6, 6.07) is 7.17. The SMILES string of the molecule is CC(C)(C)CC(=O)NCc1nnnn1-c1ccc(Cl)cc1. The van der Waals surface area contributed by atoms with E-state index in [2.05, 4.69) is 20.8 Å². The Balaban J connectivity index is 2.04. The van der Waals surface area contributed by atoms with Crippen molar-refractivity contribution in [1.29, 1.82) is 0 Å². The van der Waals surface area contributed by atoms with E-state index >= 15 is 0 Å². The molecule has 0 saturated heterocycles. The summed E-state index contributed by atoms with van der Waals surface area (Å²) in [6.07, 6.45) is 0.454. The van der Waals surface area contributed by atoms with Crippen LogP contribution in [0.1, 0.15) is 33.0 Å². The standard InChI is InChI=1S/C14H18ClN5O/c1-14(2,3)8-13(21)16-9-12-17-18-19-20(12)11-6-4-10(15)5-7-11/h4-7H,8-9H2,1-3H3,(H,16,21). The van der Waals surface area contributed by atoms with Crippen molar-refractivity contribution < 1.29 is 4.79 Å². The Bertz CT molecular complexity index is 615. The Morgan fingerprint density at radius 2 is 1.95 bits per heavy atom. The number of carbonyl (C=O) groups is 1. The summed E-state index contributed by atoms with van der Waals surface area (Å²) in [7, 11) is 0. The maximum Gasteiger partial charge on any atom is 0.220 e. The van der Waals surface area contributed by atoms with E-state index in [4.69, 9.17) is 11.6 Å². The molecule has 2 rings (SSSR count). The van der Waals surface area contributed by atoms with Crippen molar-refractivity contribution in [1.82, 2.24) is 25.5 Å². The van der Waals surface area contributed by atoms with Crippen molar-refractivity contribution >= 4 is 17.5 Å². The maximum atomic E-state index is 11.8. The lowest BCUT2D eigenvalue weighted by Crippen LogP contribution is -2.28. The van der Waals surface area contributed by atoms with Gasteiger partial charge in [0.15, 0.2) is 5.82 Å². The van der Waals surface area contributed by atoms with E-state index in [1.54, 1.807) is 16.8 Å². The summed E-state index contributed by atoms with van der Waals surface area (Å²) < 4.78 is 1.58. The number of nitrogens with one attached hydrogen (secondary N) is 1. The van der Waals surface area contributed by atoms with Crippen molar-refractivity contribution in [2.75, 3.05) is 0 Å². The van der Waals surface area contributed by atoms with Crippen molar-refractivity contribution in [3.63, 3.8) is 0 Å². The second-order valence-electron chi connectivity index (χ2n) is 6.00. The largest absolute Gasteiger partial charge is 0.349 e. The van der Waals surface area contributed by atoms with Gasteiger partial charge in [-0.3, -0.25) is 4.79 Å². The van der Waals surface area contributed by atoms with Gasteiger partial charge in [0.2, 0.25) is 5.91 Å². The predicted octanol–water partition coefficient (Wildman–Crippen LogP) is 2.37. The molecule has 0 aliphatic carbocycles. The van der Waals surface area contributed by atoms with Crippen molar-refractivity contribution in [3.8, 4) is 5.69 Å². The molecule has 2 aromatic rings. The van der Waals surface area contributed by atoms with E-state index < -0.39 is 0 Å². The van der Waals surface area contributed by atoms with E-state index in [1.807, 2.05) is 32.9 Å². The topological polar surface area (TPSA) is 72.7 Å². The molecule has 7 heteroatoms. The van der Waals surface area contributed by atoms with Crippen LogP contribution in [-0.2, 0) is 11.3 Å². The highest BCUT2D eigenvalue weighted by atomic mass is 35.5. The van der Waals surface area contributed by atoms with Crippen molar-refractivity contribution in [2.24, 2.45) is 5.41 Å². The van der Waals surface area contributed by atoms with Crippen LogP contribution in [0.5, 0.6) is 0 Å². The fraction of sp³-hybridized carbons (Fsp3) is 0.429. The zero-order valence-corrected chi connectivity index (χ0v) is 13.1. The molecule has 21 heavy (non-hydrogen) atoms. The van der Waals surface area contributed by atoms with Crippen LogP contribution in [0, 0.1) is 5.41 Å². The lowest BCUT2D eigenvalue weighted by Gasteiger charge is -2.17. The van der Waals surface area contributed by atoms with Crippen LogP contribution in [0.15, 0.2) is 24.3 Å². The van der Waals surface area contributed by atoms with Gasteiger partial charge >= 0.3 is 0 Å². The number of hydrogen-bond donors (Lipinski definition) is 1. The molecule has 0 aliphatic rings. The highest BCUT2D eigenvalue weighted by Gasteiger charge is 2.16. The molecule has 0 fully saturated rings. The quantitative estimate of drug-likeness (QED) is 0.941. The third-order valence-corrected chi connectivity index (χ3v) is 2.99. The highest BCUT2D eigenvalue weighted by molar-refractivity contribution is 6.30. The number of amides is 1. The maximum absolute atomic E-state index is 11.8. The minimum atomic E-state index is -0.0494. The number of halogens is 1.